The Bertz CT molecular complexity index is 717. The van der Waals surface area contributed by atoms with E-state index in [0.717, 1.165) is 18.1 Å². The number of nitrogens with zero attached hydrogens (tertiary/aromatic N) is 5. The van der Waals surface area contributed by atoms with Crippen molar-refractivity contribution >= 4 is 11.7 Å². The SMILES string of the molecule is CCn1nc(C(=O)NC[C@@]2(O)CCN(c3cnccn3)C2)cc1C. The molecule has 8 nitrogen and oxygen atoms in total. The van der Waals surface area contributed by atoms with E-state index < -0.39 is 5.60 Å². The lowest BCUT2D eigenvalue weighted by Gasteiger charge is -2.23. The van der Waals surface area contributed by atoms with E-state index in [9.17, 15) is 9.90 Å². The van der Waals surface area contributed by atoms with Crippen molar-refractivity contribution in [3.05, 3.63) is 36.0 Å². The average Bonchev–Trinajstić information content (AvgIpc) is 3.17. The number of aliphatic hydroxyl groups is 1. The first kappa shape index (κ1) is 16.4. The molecule has 1 saturated heterocycles. The van der Waals surface area contributed by atoms with Gasteiger partial charge in [0.1, 0.15) is 17.1 Å². The first-order valence-corrected chi connectivity index (χ1v) is 8.07. The molecule has 1 fully saturated rings. The van der Waals surface area contributed by atoms with E-state index in [1.165, 1.54) is 0 Å². The smallest absolute Gasteiger partial charge is 0.271 e. The molecule has 24 heavy (non-hydrogen) atoms. The Labute approximate surface area is 140 Å². The highest BCUT2D eigenvalue weighted by Gasteiger charge is 2.37. The maximum atomic E-state index is 12.2. The van der Waals surface area contributed by atoms with Crippen LogP contribution < -0.4 is 10.2 Å². The number of rotatable bonds is 5. The van der Waals surface area contributed by atoms with E-state index in [4.69, 9.17) is 0 Å². The van der Waals surface area contributed by atoms with Crippen molar-refractivity contribution in [2.24, 2.45) is 0 Å². The Kier molecular flexibility index (Phi) is 4.48. The first-order valence-electron chi connectivity index (χ1n) is 8.07. The first-order chi connectivity index (χ1) is 11.5. The summed E-state index contributed by atoms with van der Waals surface area (Å²) in [7, 11) is 0. The molecule has 0 bridgehead atoms. The fourth-order valence-corrected chi connectivity index (χ4v) is 2.93. The van der Waals surface area contributed by atoms with E-state index in [2.05, 4.69) is 20.4 Å². The molecule has 2 aromatic rings. The lowest BCUT2D eigenvalue weighted by atomic mass is 10.0. The van der Waals surface area contributed by atoms with Crippen molar-refractivity contribution in [3.63, 3.8) is 0 Å². The van der Waals surface area contributed by atoms with Crippen LogP contribution >= 0.6 is 0 Å². The lowest BCUT2D eigenvalue weighted by Crippen LogP contribution is -2.45. The summed E-state index contributed by atoms with van der Waals surface area (Å²) in [5.74, 6) is 0.466. The van der Waals surface area contributed by atoms with Crippen LogP contribution in [-0.4, -0.2) is 56.0 Å². The minimum Gasteiger partial charge on any atom is -0.386 e. The summed E-state index contributed by atoms with van der Waals surface area (Å²) in [5, 5.41) is 17.7. The van der Waals surface area contributed by atoms with Gasteiger partial charge in [0.2, 0.25) is 0 Å². The van der Waals surface area contributed by atoms with Crippen LogP contribution in [0.5, 0.6) is 0 Å². The summed E-state index contributed by atoms with van der Waals surface area (Å²) < 4.78 is 1.77. The zero-order valence-electron chi connectivity index (χ0n) is 13.9. The fraction of sp³-hybridized carbons (Fsp3) is 0.500. The Morgan fingerprint density at radius 2 is 2.29 bits per heavy atom. The molecule has 3 heterocycles. The summed E-state index contributed by atoms with van der Waals surface area (Å²) in [6.45, 7) is 5.88. The second-order valence-electron chi connectivity index (χ2n) is 6.13. The average molecular weight is 330 g/mol. The molecular formula is C16H22N6O2. The van der Waals surface area contributed by atoms with Crippen molar-refractivity contribution < 1.29 is 9.90 Å². The predicted molar refractivity (Wildman–Crippen MR) is 88.8 cm³/mol. The van der Waals surface area contributed by atoms with Crippen LogP contribution in [0, 0.1) is 6.92 Å². The molecule has 1 atom stereocenters. The molecule has 2 aromatic heterocycles. The molecule has 128 valence electrons. The van der Waals surface area contributed by atoms with Gasteiger partial charge in [0.05, 0.1) is 6.20 Å². The van der Waals surface area contributed by atoms with Gasteiger partial charge in [0.15, 0.2) is 0 Å². The standard InChI is InChI=1S/C16H22N6O2/c1-3-22-12(2)8-13(20-22)15(23)19-10-16(24)4-7-21(11-16)14-9-17-5-6-18-14/h5-6,8-9,24H,3-4,7,10-11H2,1-2H3,(H,19,23)/t16-/m0/s1. The van der Waals surface area contributed by atoms with Crippen LogP contribution in [0.2, 0.25) is 0 Å². The van der Waals surface area contributed by atoms with Crippen molar-refractivity contribution in [1.82, 2.24) is 25.1 Å². The third-order valence-electron chi connectivity index (χ3n) is 4.30. The van der Waals surface area contributed by atoms with Gasteiger partial charge in [-0.15, -0.1) is 0 Å². The highest BCUT2D eigenvalue weighted by atomic mass is 16.3. The van der Waals surface area contributed by atoms with Crippen LogP contribution in [0.1, 0.15) is 29.5 Å². The van der Waals surface area contributed by atoms with Crippen LogP contribution in [0.15, 0.2) is 24.7 Å². The number of hydrogen-bond donors (Lipinski definition) is 2. The second kappa shape index (κ2) is 6.56. The Morgan fingerprint density at radius 1 is 1.46 bits per heavy atom. The van der Waals surface area contributed by atoms with Crippen molar-refractivity contribution in [1.29, 1.82) is 0 Å². The third-order valence-corrected chi connectivity index (χ3v) is 4.30. The number of aryl methyl sites for hydroxylation is 2. The molecule has 2 N–H and O–H groups in total. The topological polar surface area (TPSA) is 96.2 Å². The third kappa shape index (κ3) is 3.38. The number of hydrogen-bond acceptors (Lipinski definition) is 6. The van der Waals surface area contributed by atoms with E-state index in [-0.39, 0.29) is 12.5 Å². The van der Waals surface area contributed by atoms with Gasteiger partial charge < -0.3 is 15.3 Å². The fourth-order valence-electron chi connectivity index (χ4n) is 2.93. The van der Waals surface area contributed by atoms with Gasteiger partial charge in [-0.3, -0.25) is 14.5 Å². The van der Waals surface area contributed by atoms with E-state index in [1.807, 2.05) is 18.7 Å². The molecule has 0 aromatic carbocycles. The molecular weight excluding hydrogens is 308 g/mol. The number of nitrogens with one attached hydrogen (secondary N) is 1. The number of carbonyl (C=O) groups excluding carboxylic acids is 1. The van der Waals surface area contributed by atoms with Crippen molar-refractivity contribution in [2.75, 3.05) is 24.5 Å². The van der Waals surface area contributed by atoms with Crippen LogP contribution in [0.4, 0.5) is 5.82 Å². The summed E-state index contributed by atoms with van der Waals surface area (Å²) >= 11 is 0. The summed E-state index contributed by atoms with van der Waals surface area (Å²) in [6, 6.07) is 1.75. The van der Waals surface area contributed by atoms with Gasteiger partial charge in [-0.05, 0) is 26.3 Å². The summed E-state index contributed by atoms with van der Waals surface area (Å²) in [6.07, 6.45) is 5.47. The maximum absolute atomic E-state index is 12.2. The highest BCUT2D eigenvalue weighted by Crippen LogP contribution is 2.24. The van der Waals surface area contributed by atoms with Crippen LogP contribution in [0.3, 0.4) is 0 Å². The molecule has 3 rings (SSSR count). The van der Waals surface area contributed by atoms with E-state index in [1.54, 1.807) is 29.3 Å². The number of anilines is 1. The van der Waals surface area contributed by atoms with Crippen molar-refractivity contribution in [3.8, 4) is 0 Å². The van der Waals surface area contributed by atoms with Gasteiger partial charge >= 0.3 is 0 Å². The van der Waals surface area contributed by atoms with Gasteiger partial charge in [-0.1, -0.05) is 0 Å². The minimum absolute atomic E-state index is 0.181. The highest BCUT2D eigenvalue weighted by molar-refractivity contribution is 5.92. The number of carbonyl (C=O) groups is 1. The summed E-state index contributed by atoms with van der Waals surface area (Å²) in [4.78, 5) is 22.5. The quantitative estimate of drug-likeness (QED) is 0.822. The molecule has 0 unspecified atom stereocenters. The van der Waals surface area contributed by atoms with Gasteiger partial charge in [-0.2, -0.15) is 5.10 Å². The van der Waals surface area contributed by atoms with Crippen molar-refractivity contribution in [2.45, 2.75) is 32.4 Å². The molecule has 0 radical (unpaired) electrons. The number of β-amino-alcohol motifs (C(OH)–C–C–N with tert-alkyl or cyclic N) is 1. The zero-order chi connectivity index (χ0) is 17.2. The Hall–Kier alpha value is -2.48. The van der Waals surface area contributed by atoms with Gasteiger partial charge in [0, 0.05) is 44.3 Å². The molecule has 1 aliphatic heterocycles. The monoisotopic (exact) mass is 330 g/mol. The minimum atomic E-state index is -0.977. The zero-order valence-corrected chi connectivity index (χ0v) is 13.9. The Balaban J connectivity index is 1.59. The maximum Gasteiger partial charge on any atom is 0.271 e. The molecule has 8 heteroatoms. The van der Waals surface area contributed by atoms with Gasteiger partial charge in [0.25, 0.3) is 5.91 Å². The number of aromatic nitrogens is 4. The van der Waals surface area contributed by atoms with Gasteiger partial charge in [-0.25, -0.2) is 4.98 Å². The normalized spacial score (nSPS) is 20.4. The summed E-state index contributed by atoms with van der Waals surface area (Å²) in [5.41, 5.74) is 0.341. The molecule has 0 spiro atoms. The molecule has 1 aliphatic rings. The second-order valence-corrected chi connectivity index (χ2v) is 6.13. The van der Waals surface area contributed by atoms with E-state index >= 15 is 0 Å². The van der Waals surface area contributed by atoms with Crippen LogP contribution in [0.25, 0.3) is 0 Å². The predicted octanol–water partition coefficient (Wildman–Crippen LogP) is 0.373. The number of amides is 1. The van der Waals surface area contributed by atoms with E-state index in [0.29, 0.717) is 25.2 Å². The largest absolute Gasteiger partial charge is 0.386 e. The Morgan fingerprint density at radius 3 is 2.96 bits per heavy atom. The lowest BCUT2D eigenvalue weighted by molar-refractivity contribution is 0.0574. The van der Waals surface area contributed by atoms with Crippen LogP contribution in [-0.2, 0) is 6.54 Å². The molecule has 0 saturated carbocycles. The molecule has 1 amide bonds. The molecule has 0 aliphatic carbocycles.